The number of aryl methyl sites for hydroxylation is 4. The van der Waals surface area contributed by atoms with Crippen LogP contribution in [0, 0.1) is 6.92 Å². The van der Waals surface area contributed by atoms with Gasteiger partial charge in [-0.05, 0) is 49.2 Å². The predicted molar refractivity (Wildman–Crippen MR) is 117 cm³/mol. The molecule has 3 aromatic heterocycles. The van der Waals surface area contributed by atoms with Gasteiger partial charge in [0.05, 0.1) is 22.1 Å². The highest BCUT2D eigenvalue weighted by Gasteiger charge is 2.14. The van der Waals surface area contributed by atoms with Crippen molar-refractivity contribution in [2.75, 3.05) is 0 Å². The lowest BCUT2D eigenvalue weighted by molar-refractivity contribution is 0.777. The van der Waals surface area contributed by atoms with Crippen molar-refractivity contribution in [3.05, 3.63) is 77.9 Å². The van der Waals surface area contributed by atoms with Gasteiger partial charge in [0.25, 0.3) is 0 Å². The fraction of sp³-hybridized carbons (Fsp3) is 0.174. The first-order chi connectivity index (χ1) is 13.2. The minimum Gasteiger partial charge on any atom is -0.331 e. The number of benzene rings is 2. The molecule has 5 rings (SSSR count). The third kappa shape index (κ3) is 3.00. The van der Waals surface area contributed by atoms with Gasteiger partial charge in [0.1, 0.15) is 5.82 Å². The minimum absolute atomic E-state index is 0. The monoisotopic (exact) mass is 388 g/mol. The molecule has 2 aromatic carbocycles. The maximum Gasteiger partial charge on any atom is 0.110 e. The molecular weight excluding hydrogens is 368 g/mol. The molecule has 0 N–H and O–H groups in total. The lowest BCUT2D eigenvalue weighted by atomic mass is 10.1. The van der Waals surface area contributed by atoms with E-state index in [-0.39, 0.29) is 12.4 Å². The van der Waals surface area contributed by atoms with Crippen LogP contribution in [-0.2, 0) is 19.9 Å². The molecule has 0 atom stereocenters. The summed E-state index contributed by atoms with van der Waals surface area (Å²) in [7, 11) is 2.10. The maximum absolute atomic E-state index is 4.97. The molecule has 0 aliphatic carbocycles. The van der Waals surface area contributed by atoms with Crippen molar-refractivity contribution in [1.29, 1.82) is 0 Å². The second kappa shape index (κ2) is 7.21. The smallest absolute Gasteiger partial charge is 0.110 e. The second-order valence-electron chi connectivity index (χ2n) is 7.04. The van der Waals surface area contributed by atoms with Crippen LogP contribution in [0.3, 0.4) is 0 Å². The van der Waals surface area contributed by atoms with E-state index in [1.54, 1.807) is 0 Å². The van der Waals surface area contributed by atoms with Crippen molar-refractivity contribution in [2.45, 2.75) is 19.8 Å². The number of rotatable bonds is 3. The molecule has 28 heavy (non-hydrogen) atoms. The van der Waals surface area contributed by atoms with E-state index in [9.17, 15) is 0 Å². The van der Waals surface area contributed by atoms with Crippen molar-refractivity contribution < 1.29 is 0 Å². The number of para-hydroxylation sites is 1. The molecule has 0 aliphatic heterocycles. The fourth-order valence-electron chi connectivity index (χ4n) is 3.90. The maximum atomic E-state index is 4.97. The molecule has 0 saturated carbocycles. The van der Waals surface area contributed by atoms with E-state index in [4.69, 9.17) is 9.97 Å². The van der Waals surface area contributed by atoms with E-state index >= 15 is 0 Å². The summed E-state index contributed by atoms with van der Waals surface area (Å²) < 4.78 is 2.22. The Labute approximate surface area is 169 Å². The summed E-state index contributed by atoms with van der Waals surface area (Å²) in [6, 6.07) is 18.7. The van der Waals surface area contributed by atoms with E-state index in [1.165, 1.54) is 16.5 Å². The summed E-state index contributed by atoms with van der Waals surface area (Å²) in [5.74, 6) is 1.08. The Balaban J connectivity index is 0.00000192. The molecule has 5 aromatic rings. The molecule has 0 amide bonds. The van der Waals surface area contributed by atoms with Crippen LogP contribution in [0.4, 0.5) is 0 Å². The summed E-state index contributed by atoms with van der Waals surface area (Å²) in [4.78, 5) is 14.3. The van der Waals surface area contributed by atoms with Gasteiger partial charge >= 0.3 is 0 Å². The van der Waals surface area contributed by atoms with Gasteiger partial charge in [-0.3, -0.25) is 9.97 Å². The first-order valence-electron chi connectivity index (χ1n) is 9.25. The average Bonchev–Trinajstić information content (AvgIpc) is 3.03. The minimum atomic E-state index is 0. The number of hydrogen-bond acceptors (Lipinski definition) is 3. The Morgan fingerprint density at radius 2 is 1.75 bits per heavy atom. The number of hydrogen-bond donors (Lipinski definition) is 0. The third-order valence-electron chi connectivity index (χ3n) is 5.27. The number of nitrogens with zero attached hydrogens (tertiary/aromatic N) is 4. The van der Waals surface area contributed by atoms with Crippen molar-refractivity contribution in [3.8, 4) is 0 Å². The third-order valence-corrected chi connectivity index (χ3v) is 5.27. The lowest BCUT2D eigenvalue weighted by Gasteiger charge is -2.06. The van der Waals surface area contributed by atoms with Crippen molar-refractivity contribution >= 4 is 45.2 Å². The SMILES string of the molecule is Cc1cc2ncccc2c2nc(CCc3ccc4ccccc4n3)n(C)c12.Cl. The first-order valence-corrected chi connectivity index (χ1v) is 9.25. The molecule has 0 aliphatic rings. The fourth-order valence-corrected chi connectivity index (χ4v) is 3.90. The Kier molecular flexibility index (Phi) is 4.73. The van der Waals surface area contributed by atoms with Crippen LogP contribution in [0.15, 0.2) is 60.8 Å². The van der Waals surface area contributed by atoms with Crippen LogP contribution in [0.2, 0.25) is 0 Å². The van der Waals surface area contributed by atoms with Crippen molar-refractivity contribution in [1.82, 2.24) is 19.5 Å². The highest BCUT2D eigenvalue weighted by molar-refractivity contribution is 6.04. The molecule has 0 radical (unpaired) electrons. The van der Waals surface area contributed by atoms with Crippen LogP contribution in [-0.4, -0.2) is 19.5 Å². The summed E-state index contributed by atoms with van der Waals surface area (Å²) in [6.45, 7) is 2.13. The Bertz CT molecular complexity index is 1310. The molecule has 140 valence electrons. The average molecular weight is 389 g/mol. The van der Waals surface area contributed by atoms with E-state index in [0.717, 1.165) is 46.3 Å². The molecule has 0 fully saturated rings. The summed E-state index contributed by atoms with van der Waals surface area (Å²) in [6.07, 6.45) is 3.57. The number of imidazole rings is 1. The zero-order valence-corrected chi connectivity index (χ0v) is 16.7. The van der Waals surface area contributed by atoms with Gasteiger partial charge in [-0.2, -0.15) is 0 Å². The van der Waals surface area contributed by atoms with Crippen LogP contribution in [0.25, 0.3) is 32.8 Å². The van der Waals surface area contributed by atoms with Gasteiger partial charge in [-0.15, -0.1) is 12.4 Å². The second-order valence-corrected chi connectivity index (χ2v) is 7.04. The van der Waals surface area contributed by atoms with E-state index in [0.29, 0.717) is 0 Å². The quantitative estimate of drug-likeness (QED) is 0.427. The van der Waals surface area contributed by atoms with Gasteiger partial charge in [-0.25, -0.2) is 4.98 Å². The topological polar surface area (TPSA) is 43.6 Å². The summed E-state index contributed by atoms with van der Waals surface area (Å²) in [5.41, 5.74) is 6.60. The molecule has 0 spiro atoms. The van der Waals surface area contributed by atoms with E-state index < -0.39 is 0 Å². The predicted octanol–water partition coefficient (Wildman–Crippen LogP) is 5.19. The largest absolute Gasteiger partial charge is 0.331 e. The van der Waals surface area contributed by atoms with E-state index in [1.807, 2.05) is 24.4 Å². The number of aromatic nitrogens is 4. The molecule has 3 heterocycles. The van der Waals surface area contributed by atoms with Crippen molar-refractivity contribution in [2.24, 2.45) is 7.05 Å². The van der Waals surface area contributed by atoms with Crippen LogP contribution < -0.4 is 0 Å². The zero-order valence-electron chi connectivity index (χ0n) is 15.9. The van der Waals surface area contributed by atoms with Gasteiger partial charge in [0.15, 0.2) is 0 Å². The zero-order chi connectivity index (χ0) is 18.4. The van der Waals surface area contributed by atoms with E-state index in [2.05, 4.69) is 59.9 Å². The summed E-state index contributed by atoms with van der Waals surface area (Å²) >= 11 is 0. The van der Waals surface area contributed by atoms with Gasteiger partial charge in [0, 0.05) is 36.1 Å². The molecule has 0 unspecified atom stereocenters. The standard InChI is InChI=1S/C23H20N4.ClH/c1-15-14-20-18(7-5-13-24-20)22-23(15)27(2)21(26-22)12-11-17-10-9-16-6-3-4-8-19(16)25-17;/h3-10,13-14H,11-12H2,1-2H3;1H. The van der Waals surface area contributed by atoms with Crippen LogP contribution in [0.5, 0.6) is 0 Å². The lowest BCUT2D eigenvalue weighted by Crippen LogP contribution is -2.02. The molecule has 0 bridgehead atoms. The molecule has 5 heteroatoms. The van der Waals surface area contributed by atoms with Crippen LogP contribution in [0.1, 0.15) is 17.1 Å². The normalized spacial score (nSPS) is 11.2. The Morgan fingerprint density at radius 3 is 2.64 bits per heavy atom. The highest BCUT2D eigenvalue weighted by Crippen LogP contribution is 2.27. The van der Waals surface area contributed by atoms with Crippen LogP contribution >= 0.6 is 12.4 Å². The number of pyridine rings is 2. The molecule has 4 nitrogen and oxygen atoms in total. The summed E-state index contributed by atoms with van der Waals surface area (Å²) in [5, 5.41) is 2.29. The Morgan fingerprint density at radius 1 is 0.893 bits per heavy atom. The van der Waals surface area contributed by atoms with Gasteiger partial charge in [-0.1, -0.05) is 24.3 Å². The first kappa shape index (κ1) is 18.4. The van der Waals surface area contributed by atoms with Gasteiger partial charge < -0.3 is 4.57 Å². The number of fused-ring (bicyclic) bond motifs is 4. The van der Waals surface area contributed by atoms with Gasteiger partial charge in [0.2, 0.25) is 0 Å². The molecule has 0 saturated heterocycles. The highest BCUT2D eigenvalue weighted by atomic mass is 35.5. The van der Waals surface area contributed by atoms with Crippen molar-refractivity contribution in [3.63, 3.8) is 0 Å². The number of halogens is 1. The Hall–Kier alpha value is -2.98. The molecular formula is C23H21ClN4.